The molecule has 1 aliphatic rings. The summed E-state index contributed by atoms with van der Waals surface area (Å²) in [5.41, 5.74) is 7.79. The van der Waals surface area contributed by atoms with Crippen molar-refractivity contribution in [2.24, 2.45) is 0 Å². The third-order valence-electron chi connectivity index (χ3n) is 3.06. The van der Waals surface area contributed by atoms with E-state index in [2.05, 4.69) is 11.8 Å². The predicted octanol–water partition coefficient (Wildman–Crippen LogP) is 2.04. The average Bonchev–Trinajstić information content (AvgIpc) is 3.15. The summed E-state index contributed by atoms with van der Waals surface area (Å²) in [6.07, 6.45) is 2.39. The molecule has 2 rings (SSSR count). The number of methoxy groups -OCH3 is 1. The molecular formula is C13H18N2O2. The zero-order chi connectivity index (χ0) is 12.4. The van der Waals surface area contributed by atoms with E-state index < -0.39 is 0 Å². The van der Waals surface area contributed by atoms with Crippen LogP contribution in [0.25, 0.3) is 0 Å². The van der Waals surface area contributed by atoms with E-state index >= 15 is 0 Å². The standard InChI is InChI=1S/C13H18N2O2/c1-3-15(10-5-6-10)12-7-4-9(14)8-11(12)13(16)17-2/h4,7-8,10H,3,5-6,14H2,1-2H3. The van der Waals surface area contributed by atoms with Crippen LogP contribution < -0.4 is 10.6 Å². The fourth-order valence-corrected chi connectivity index (χ4v) is 2.09. The van der Waals surface area contributed by atoms with E-state index in [0.717, 1.165) is 12.2 Å². The van der Waals surface area contributed by atoms with Crippen LogP contribution in [0.3, 0.4) is 0 Å². The van der Waals surface area contributed by atoms with Gasteiger partial charge in [0.05, 0.1) is 18.4 Å². The van der Waals surface area contributed by atoms with Gasteiger partial charge in [0.25, 0.3) is 0 Å². The second kappa shape index (κ2) is 4.65. The van der Waals surface area contributed by atoms with E-state index in [4.69, 9.17) is 10.5 Å². The normalized spacial score (nSPS) is 14.5. The van der Waals surface area contributed by atoms with Gasteiger partial charge in [0, 0.05) is 18.3 Å². The minimum absolute atomic E-state index is 0.327. The van der Waals surface area contributed by atoms with Crippen molar-refractivity contribution in [3.05, 3.63) is 23.8 Å². The molecule has 0 atom stereocenters. The highest BCUT2D eigenvalue weighted by Gasteiger charge is 2.30. The molecule has 0 heterocycles. The first-order chi connectivity index (χ1) is 8.17. The lowest BCUT2D eigenvalue weighted by Crippen LogP contribution is -2.27. The highest BCUT2D eigenvalue weighted by Crippen LogP contribution is 2.34. The molecule has 0 amide bonds. The van der Waals surface area contributed by atoms with Crippen LogP contribution in [0.4, 0.5) is 11.4 Å². The monoisotopic (exact) mass is 234 g/mol. The van der Waals surface area contributed by atoms with Crippen LogP contribution in [0.1, 0.15) is 30.1 Å². The van der Waals surface area contributed by atoms with E-state index in [-0.39, 0.29) is 5.97 Å². The second-order valence-corrected chi connectivity index (χ2v) is 4.29. The molecule has 92 valence electrons. The van der Waals surface area contributed by atoms with Gasteiger partial charge in [0.1, 0.15) is 0 Å². The molecule has 17 heavy (non-hydrogen) atoms. The Labute approximate surface area is 101 Å². The molecular weight excluding hydrogens is 216 g/mol. The second-order valence-electron chi connectivity index (χ2n) is 4.29. The first kappa shape index (κ1) is 11.8. The van der Waals surface area contributed by atoms with E-state index in [0.29, 0.717) is 17.3 Å². The maximum absolute atomic E-state index is 11.7. The number of nitrogen functional groups attached to an aromatic ring is 1. The van der Waals surface area contributed by atoms with Crippen LogP contribution in [0.15, 0.2) is 18.2 Å². The van der Waals surface area contributed by atoms with Gasteiger partial charge in [-0.15, -0.1) is 0 Å². The SMILES string of the molecule is CCN(c1ccc(N)cc1C(=O)OC)C1CC1. The van der Waals surface area contributed by atoms with Crippen molar-refractivity contribution in [1.82, 2.24) is 0 Å². The van der Waals surface area contributed by atoms with Crippen LogP contribution in [-0.2, 0) is 4.74 Å². The Balaban J connectivity index is 2.40. The zero-order valence-electron chi connectivity index (χ0n) is 10.3. The minimum atomic E-state index is -0.327. The van der Waals surface area contributed by atoms with Gasteiger partial charge >= 0.3 is 5.97 Å². The van der Waals surface area contributed by atoms with Gasteiger partial charge in [-0.2, -0.15) is 0 Å². The summed E-state index contributed by atoms with van der Waals surface area (Å²) in [7, 11) is 1.39. The Bertz CT molecular complexity index is 427. The van der Waals surface area contributed by atoms with E-state index in [1.807, 2.05) is 12.1 Å². The number of esters is 1. The quantitative estimate of drug-likeness (QED) is 0.640. The number of carbonyl (C=O) groups excluding carboxylic acids is 1. The van der Waals surface area contributed by atoms with E-state index in [1.165, 1.54) is 20.0 Å². The number of hydrogen-bond donors (Lipinski definition) is 1. The molecule has 1 aromatic rings. The summed E-state index contributed by atoms with van der Waals surface area (Å²) >= 11 is 0. The van der Waals surface area contributed by atoms with E-state index in [1.54, 1.807) is 6.07 Å². The summed E-state index contributed by atoms with van der Waals surface area (Å²) in [6.45, 7) is 2.98. The van der Waals surface area contributed by atoms with Crippen molar-refractivity contribution in [3.63, 3.8) is 0 Å². The molecule has 0 unspecified atom stereocenters. The van der Waals surface area contributed by atoms with Crippen LogP contribution >= 0.6 is 0 Å². The van der Waals surface area contributed by atoms with Gasteiger partial charge in [-0.1, -0.05) is 0 Å². The van der Waals surface area contributed by atoms with Crippen molar-refractivity contribution in [1.29, 1.82) is 0 Å². The highest BCUT2D eigenvalue weighted by molar-refractivity contribution is 5.97. The number of benzene rings is 1. The van der Waals surface area contributed by atoms with Gasteiger partial charge in [-0.3, -0.25) is 0 Å². The summed E-state index contributed by atoms with van der Waals surface area (Å²) < 4.78 is 4.81. The molecule has 1 saturated carbocycles. The average molecular weight is 234 g/mol. The number of anilines is 2. The van der Waals surface area contributed by atoms with Crippen molar-refractivity contribution in [2.75, 3.05) is 24.3 Å². The van der Waals surface area contributed by atoms with Crippen LogP contribution in [0, 0.1) is 0 Å². The molecule has 1 aromatic carbocycles. The van der Waals surface area contributed by atoms with Crippen LogP contribution in [0.5, 0.6) is 0 Å². The molecule has 0 radical (unpaired) electrons. The predicted molar refractivity (Wildman–Crippen MR) is 68.2 cm³/mol. The van der Waals surface area contributed by atoms with Gasteiger partial charge in [-0.25, -0.2) is 4.79 Å². The Hall–Kier alpha value is -1.71. The Kier molecular flexibility index (Phi) is 3.22. The van der Waals surface area contributed by atoms with Gasteiger partial charge in [0.15, 0.2) is 0 Å². The molecule has 2 N–H and O–H groups in total. The van der Waals surface area contributed by atoms with Crippen LogP contribution in [-0.4, -0.2) is 25.7 Å². The lowest BCUT2D eigenvalue weighted by atomic mass is 10.1. The molecule has 0 saturated heterocycles. The molecule has 0 aromatic heterocycles. The molecule has 0 aliphatic heterocycles. The third kappa shape index (κ3) is 2.35. The molecule has 0 bridgehead atoms. The van der Waals surface area contributed by atoms with E-state index in [9.17, 15) is 4.79 Å². The molecule has 1 fully saturated rings. The number of ether oxygens (including phenoxy) is 1. The lowest BCUT2D eigenvalue weighted by Gasteiger charge is -2.25. The highest BCUT2D eigenvalue weighted by atomic mass is 16.5. The smallest absolute Gasteiger partial charge is 0.340 e. The van der Waals surface area contributed by atoms with Crippen LogP contribution in [0.2, 0.25) is 0 Å². The maximum atomic E-state index is 11.7. The number of hydrogen-bond acceptors (Lipinski definition) is 4. The minimum Gasteiger partial charge on any atom is -0.465 e. The number of nitrogens with zero attached hydrogens (tertiary/aromatic N) is 1. The summed E-state index contributed by atoms with van der Waals surface area (Å²) in [6, 6.07) is 5.98. The van der Waals surface area contributed by atoms with Crippen molar-refractivity contribution >= 4 is 17.3 Å². The summed E-state index contributed by atoms with van der Waals surface area (Å²) in [4.78, 5) is 14.0. The number of rotatable bonds is 4. The molecule has 1 aliphatic carbocycles. The fraction of sp³-hybridized carbons (Fsp3) is 0.462. The topological polar surface area (TPSA) is 55.6 Å². The first-order valence-electron chi connectivity index (χ1n) is 5.91. The molecule has 0 spiro atoms. The molecule has 4 nitrogen and oxygen atoms in total. The largest absolute Gasteiger partial charge is 0.465 e. The van der Waals surface area contributed by atoms with Crippen molar-refractivity contribution in [2.45, 2.75) is 25.8 Å². The zero-order valence-corrected chi connectivity index (χ0v) is 10.3. The van der Waals surface area contributed by atoms with Crippen molar-refractivity contribution < 1.29 is 9.53 Å². The Morgan fingerprint density at radius 2 is 2.24 bits per heavy atom. The Morgan fingerprint density at radius 3 is 2.76 bits per heavy atom. The number of carbonyl (C=O) groups is 1. The fourth-order valence-electron chi connectivity index (χ4n) is 2.09. The lowest BCUT2D eigenvalue weighted by molar-refractivity contribution is 0.0601. The van der Waals surface area contributed by atoms with Crippen molar-refractivity contribution in [3.8, 4) is 0 Å². The first-order valence-corrected chi connectivity index (χ1v) is 5.91. The number of nitrogens with two attached hydrogens (primary N) is 1. The summed E-state index contributed by atoms with van der Waals surface area (Å²) in [5.74, 6) is -0.327. The van der Waals surface area contributed by atoms with Gasteiger partial charge in [0.2, 0.25) is 0 Å². The third-order valence-corrected chi connectivity index (χ3v) is 3.06. The van der Waals surface area contributed by atoms with Gasteiger partial charge < -0.3 is 15.4 Å². The Morgan fingerprint density at radius 1 is 1.53 bits per heavy atom. The maximum Gasteiger partial charge on any atom is 0.340 e. The van der Waals surface area contributed by atoms with Gasteiger partial charge in [-0.05, 0) is 38.0 Å². The summed E-state index contributed by atoms with van der Waals surface area (Å²) in [5, 5.41) is 0. The molecule has 4 heteroatoms.